The van der Waals surface area contributed by atoms with Gasteiger partial charge in [0.15, 0.2) is 11.5 Å². The van der Waals surface area contributed by atoms with Crippen LogP contribution in [-0.4, -0.2) is 44.1 Å². The molecule has 108 valence electrons. The molecule has 0 bridgehead atoms. The summed E-state index contributed by atoms with van der Waals surface area (Å²) in [5, 5.41) is 0. The zero-order valence-corrected chi connectivity index (χ0v) is 12.2. The van der Waals surface area contributed by atoms with Gasteiger partial charge in [-0.25, -0.2) is 15.0 Å². The SMILES string of the molecule is CC(C1CC1)N(C)CCCn1cnc2c(N)ncnc21. The average Bonchev–Trinajstić information content (AvgIpc) is 3.20. The molecule has 1 aliphatic rings. The van der Waals surface area contributed by atoms with Crippen LogP contribution < -0.4 is 5.73 Å². The smallest absolute Gasteiger partial charge is 0.165 e. The number of aryl methyl sites for hydroxylation is 1. The molecule has 0 radical (unpaired) electrons. The Labute approximate surface area is 119 Å². The summed E-state index contributed by atoms with van der Waals surface area (Å²) in [4.78, 5) is 15.0. The molecule has 1 atom stereocenters. The van der Waals surface area contributed by atoms with Gasteiger partial charge in [-0.3, -0.25) is 0 Å². The van der Waals surface area contributed by atoms with Gasteiger partial charge in [-0.15, -0.1) is 0 Å². The largest absolute Gasteiger partial charge is 0.382 e. The fourth-order valence-electron chi connectivity index (χ4n) is 2.70. The first-order valence-electron chi connectivity index (χ1n) is 7.28. The Morgan fingerprint density at radius 2 is 2.20 bits per heavy atom. The zero-order valence-electron chi connectivity index (χ0n) is 12.2. The molecule has 1 unspecified atom stereocenters. The highest BCUT2D eigenvalue weighted by Gasteiger charge is 2.30. The molecule has 0 saturated heterocycles. The van der Waals surface area contributed by atoms with Gasteiger partial charge >= 0.3 is 0 Å². The van der Waals surface area contributed by atoms with Crippen LogP contribution in [-0.2, 0) is 6.54 Å². The summed E-state index contributed by atoms with van der Waals surface area (Å²) in [5.74, 6) is 1.37. The molecule has 2 aromatic rings. The molecule has 2 N–H and O–H groups in total. The van der Waals surface area contributed by atoms with E-state index >= 15 is 0 Å². The van der Waals surface area contributed by atoms with E-state index in [0.29, 0.717) is 17.4 Å². The van der Waals surface area contributed by atoms with E-state index in [1.165, 1.54) is 19.2 Å². The van der Waals surface area contributed by atoms with Crippen LogP contribution in [0.2, 0.25) is 0 Å². The highest BCUT2D eigenvalue weighted by Crippen LogP contribution is 2.34. The normalized spacial score (nSPS) is 16.9. The van der Waals surface area contributed by atoms with Crippen LogP contribution in [0.4, 0.5) is 5.82 Å². The minimum absolute atomic E-state index is 0.452. The molecule has 0 aromatic carbocycles. The number of rotatable bonds is 6. The maximum Gasteiger partial charge on any atom is 0.165 e. The van der Waals surface area contributed by atoms with Crippen LogP contribution in [0.3, 0.4) is 0 Å². The number of imidazole rings is 1. The Morgan fingerprint density at radius 1 is 1.40 bits per heavy atom. The molecular weight excluding hydrogens is 252 g/mol. The van der Waals surface area contributed by atoms with Gasteiger partial charge in [-0.05, 0) is 45.7 Å². The van der Waals surface area contributed by atoms with Crippen LogP contribution >= 0.6 is 0 Å². The second-order valence-corrected chi connectivity index (χ2v) is 5.78. The van der Waals surface area contributed by atoms with Crippen molar-refractivity contribution in [3.05, 3.63) is 12.7 Å². The van der Waals surface area contributed by atoms with Crippen LogP contribution in [0.15, 0.2) is 12.7 Å². The summed E-state index contributed by atoms with van der Waals surface area (Å²) in [5.41, 5.74) is 7.32. The highest BCUT2D eigenvalue weighted by atomic mass is 15.2. The molecule has 6 heteroatoms. The van der Waals surface area contributed by atoms with E-state index in [0.717, 1.165) is 31.1 Å². The molecule has 1 fully saturated rings. The van der Waals surface area contributed by atoms with Gasteiger partial charge in [0.25, 0.3) is 0 Å². The standard InChI is InChI=1S/C14H22N6/c1-10(11-4-5-11)19(2)6-3-7-20-9-18-12-13(15)16-8-17-14(12)20/h8-11H,3-7H2,1-2H3,(H2,15,16,17). The van der Waals surface area contributed by atoms with E-state index in [2.05, 4.69) is 38.4 Å². The van der Waals surface area contributed by atoms with E-state index in [-0.39, 0.29) is 0 Å². The lowest BCUT2D eigenvalue weighted by Gasteiger charge is -2.24. The lowest BCUT2D eigenvalue weighted by Crippen LogP contribution is -2.32. The molecular formula is C14H22N6. The molecule has 1 aliphatic carbocycles. The summed E-state index contributed by atoms with van der Waals surface area (Å²) in [6.07, 6.45) is 7.18. The molecule has 2 aromatic heterocycles. The topological polar surface area (TPSA) is 72.9 Å². The number of aromatic nitrogens is 4. The number of nitrogen functional groups attached to an aromatic ring is 1. The van der Waals surface area contributed by atoms with Crippen molar-refractivity contribution in [1.29, 1.82) is 0 Å². The number of nitrogens with two attached hydrogens (primary N) is 1. The van der Waals surface area contributed by atoms with Crippen molar-refractivity contribution in [3.63, 3.8) is 0 Å². The number of nitrogens with zero attached hydrogens (tertiary/aromatic N) is 5. The van der Waals surface area contributed by atoms with Crippen molar-refractivity contribution in [2.45, 2.75) is 38.8 Å². The Kier molecular flexibility index (Phi) is 3.56. The van der Waals surface area contributed by atoms with Gasteiger partial charge < -0.3 is 15.2 Å². The quantitative estimate of drug-likeness (QED) is 0.864. The van der Waals surface area contributed by atoms with E-state index in [9.17, 15) is 0 Å². The first-order valence-corrected chi connectivity index (χ1v) is 7.28. The second-order valence-electron chi connectivity index (χ2n) is 5.78. The van der Waals surface area contributed by atoms with Crippen LogP contribution in [0, 0.1) is 5.92 Å². The van der Waals surface area contributed by atoms with Crippen LogP contribution in [0.5, 0.6) is 0 Å². The molecule has 3 rings (SSSR count). The van der Waals surface area contributed by atoms with Crippen molar-refractivity contribution >= 4 is 17.0 Å². The third kappa shape index (κ3) is 2.60. The minimum Gasteiger partial charge on any atom is -0.382 e. The van der Waals surface area contributed by atoms with Crippen molar-refractivity contribution in [3.8, 4) is 0 Å². The fourth-order valence-corrected chi connectivity index (χ4v) is 2.70. The third-order valence-electron chi connectivity index (χ3n) is 4.34. The predicted octanol–water partition coefficient (Wildman–Crippen LogP) is 1.53. The molecule has 2 heterocycles. The van der Waals surface area contributed by atoms with Crippen LogP contribution in [0.25, 0.3) is 11.2 Å². The van der Waals surface area contributed by atoms with Gasteiger partial charge in [-0.2, -0.15) is 0 Å². The van der Waals surface area contributed by atoms with E-state index in [4.69, 9.17) is 5.73 Å². The summed E-state index contributed by atoms with van der Waals surface area (Å²) in [6, 6.07) is 0.701. The van der Waals surface area contributed by atoms with E-state index in [1.807, 2.05) is 0 Å². The van der Waals surface area contributed by atoms with Gasteiger partial charge in [0.2, 0.25) is 0 Å². The minimum atomic E-state index is 0.452. The van der Waals surface area contributed by atoms with Crippen LogP contribution in [0.1, 0.15) is 26.2 Å². The fraction of sp³-hybridized carbons (Fsp3) is 0.643. The predicted molar refractivity (Wildman–Crippen MR) is 79.2 cm³/mol. The Hall–Kier alpha value is -1.69. The Balaban J connectivity index is 1.58. The summed E-state index contributed by atoms with van der Waals surface area (Å²) in [6.45, 7) is 4.34. The first-order chi connectivity index (χ1) is 9.66. The second kappa shape index (κ2) is 5.36. The van der Waals surface area contributed by atoms with Crippen molar-refractivity contribution in [1.82, 2.24) is 24.4 Å². The summed E-state index contributed by atoms with van der Waals surface area (Å²) < 4.78 is 2.06. The van der Waals surface area contributed by atoms with Crippen molar-refractivity contribution in [2.24, 2.45) is 5.92 Å². The average molecular weight is 274 g/mol. The third-order valence-corrected chi connectivity index (χ3v) is 4.34. The Morgan fingerprint density at radius 3 is 2.95 bits per heavy atom. The van der Waals surface area contributed by atoms with Gasteiger partial charge in [0.05, 0.1) is 6.33 Å². The maximum absolute atomic E-state index is 5.79. The molecule has 0 spiro atoms. The zero-order chi connectivity index (χ0) is 14.1. The maximum atomic E-state index is 5.79. The number of anilines is 1. The van der Waals surface area contributed by atoms with Gasteiger partial charge in [-0.1, -0.05) is 0 Å². The number of hydrogen-bond donors (Lipinski definition) is 1. The monoisotopic (exact) mass is 274 g/mol. The lowest BCUT2D eigenvalue weighted by atomic mass is 10.2. The van der Waals surface area contributed by atoms with Gasteiger partial charge in [0, 0.05) is 12.6 Å². The first kappa shape index (κ1) is 13.3. The molecule has 20 heavy (non-hydrogen) atoms. The summed E-state index contributed by atoms with van der Waals surface area (Å²) in [7, 11) is 2.22. The van der Waals surface area contributed by atoms with Gasteiger partial charge in [0.1, 0.15) is 11.8 Å². The Bertz CT molecular complexity index is 588. The number of fused-ring (bicyclic) bond motifs is 1. The van der Waals surface area contributed by atoms with E-state index in [1.54, 1.807) is 6.33 Å². The molecule has 0 aliphatic heterocycles. The highest BCUT2D eigenvalue weighted by molar-refractivity contribution is 5.80. The summed E-state index contributed by atoms with van der Waals surface area (Å²) >= 11 is 0. The number of hydrogen-bond acceptors (Lipinski definition) is 5. The molecule has 1 saturated carbocycles. The van der Waals surface area contributed by atoms with E-state index < -0.39 is 0 Å². The van der Waals surface area contributed by atoms with Crippen molar-refractivity contribution in [2.75, 3.05) is 19.3 Å². The van der Waals surface area contributed by atoms with Crippen molar-refractivity contribution < 1.29 is 0 Å². The molecule has 6 nitrogen and oxygen atoms in total. The lowest BCUT2D eigenvalue weighted by molar-refractivity contribution is 0.228. The molecule has 0 amide bonds.